The molecule has 2 aromatic rings. The minimum absolute atomic E-state index is 0.148. The van der Waals surface area contributed by atoms with E-state index in [9.17, 15) is 9.18 Å². The van der Waals surface area contributed by atoms with Crippen molar-refractivity contribution in [3.63, 3.8) is 0 Å². The third-order valence-electron chi connectivity index (χ3n) is 4.67. The van der Waals surface area contributed by atoms with Crippen LogP contribution in [0.25, 0.3) is 0 Å². The molecule has 1 aliphatic heterocycles. The van der Waals surface area contributed by atoms with E-state index in [1.807, 2.05) is 34.9 Å². The topological polar surface area (TPSA) is 23.6 Å². The van der Waals surface area contributed by atoms with Crippen LogP contribution in [0.1, 0.15) is 16.7 Å². The molecule has 0 aliphatic carbocycles. The molecule has 1 saturated heterocycles. The van der Waals surface area contributed by atoms with E-state index in [0.717, 1.165) is 11.1 Å². The molecule has 0 N–H and O–H groups in total. The summed E-state index contributed by atoms with van der Waals surface area (Å²) in [5, 5.41) is 0. The van der Waals surface area contributed by atoms with Crippen molar-refractivity contribution < 1.29 is 9.18 Å². The van der Waals surface area contributed by atoms with Crippen molar-refractivity contribution in [1.29, 1.82) is 0 Å². The third kappa shape index (κ3) is 3.58. The third-order valence-corrected chi connectivity index (χ3v) is 4.67. The molecular weight excluding hydrogens is 303 g/mol. The molecule has 2 aromatic carbocycles. The number of hydrogen-bond acceptors (Lipinski definition) is 2. The predicted molar refractivity (Wildman–Crippen MR) is 94.8 cm³/mol. The molecule has 3 rings (SSSR count). The Labute approximate surface area is 142 Å². The lowest BCUT2D eigenvalue weighted by molar-refractivity contribution is -0.130. The number of para-hydroxylation sites is 1. The molecule has 0 bridgehead atoms. The summed E-state index contributed by atoms with van der Waals surface area (Å²) in [6, 6.07) is 13.0. The molecule has 0 atom stereocenters. The van der Waals surface area contributed by atoms with Gasteiger partial charge in [-0.15, -0.1) is 0 Å². The van der Waals surface area contributed by atoms with E-state index in [0.29, 0.717) is 38.3 Å². The Hall–Kier alpha value is -2.36. The molecule has 1 heterocycles. The van der Waals surface area contributed by atoms with Crippen molar-refractivity contribution in [1.82, 2.24) is 4.90 Å². The largest absolute Gasteiger partial charge is 0.366 e. The van der Waals surface area contributed by atoms with Crippen molar-refractivity contribution in [2.24, 2.45) is 0 Å². The number of aryl methyl sites for hydroxylation is 2. The lowest BCUT2D eigenvalue weighted by atomic mass is 10.0. The first-order valence-corrected chi connectivity index (χ1v) is 8.38. The van der Waals surface area contributed by atoms with Gasteiger partial charge in [0.25, 0.3) is 0 Å². The van der Waals surface area contributed by atoms with Crippen LogP contribution in [-0.2, 0) is 11.2 Å². The minimum atomic E-state index is -0.201. The van der Waals surface area contributed by atoms with Gasteiger partial charge in [-0.3, -0.25) is 4.79 Å². The second kappa shape index (κ2) is 7.04. The molecule has 0 saturated carbocycles. The molecule has 1 fully saturated rings. The maximum absolute atomic E-state index is 13.9. The highest BCUT2D eigenvalue weighted by molar-refractivity contribution is 5.79. The highest BCUT2D eigenvalue weighted by atomic mass is 19.1. The molecule has 126 valence electrons. The Kier molecular flexibility index (Phi) is 4.84. The quantitative estimate of drug-likeness (QED) is 0.864. The van der Waals surface area contributed by atoms with Crippen molar-refractivity contribution in [3.8, 4) is 0 Å². The zero-order chi connectivity index (χ0) is 17.1. The molecule has 0 radical (unpaired) electrons. The Balaban J connectivity index is 1.60. The minimum Gasteiger partial charge on any atom is -0.366 e. The molecule has 0 spiro atoms. The number of amides is 1. The first-order chi connectivity index (χ1) is 11.5. The number of benzene rings is 2. The first kappa shape index (κ1) is 16.5. The molecule has 1 amide bonds. The van der Waals surface area contributed by atoms with Crippen LogP contribution < -0.4 is 4.90 Å². The summed E-state index contributed by atoms with van der Waals surface area (Å²) in [5.41, 5.74) is 4.08. The summed E-state index contributed by atoms with van der Waals surface area (Å²) in [7, 11) is 0. The van der Waals surface area contributed by atoms with E-state index >= 15 is 0 Å². The summed E-state index contributed by atoms with van der Waals surface area (Å²) in [5.74, 6) is -0.0531. The van der Waals surface area contributed by atoms with Gasteiger partial charge in [-0.25, -0.2) is 4.39 Å². The predicted octanol–water partition coefficient (Wildman–Crippen LogP) is 3.33. The van der Waals surface area contributed by atoms with Crippen molar-refractivity contribution in [2.45, 2.75) is 20.3 Å². The van der Waals surface area contributed by atoms with E-state index in [-0.39, 0.29) is 11.7 Å². The fourth-order valence-electron chi connectivity index (χ4n) is 3.22. The second-order valence-corrected chi connectivity index (χ2v) is 6.43. The SMILES string of the molecule is Cc1ccc(CC(=O)N2CCN(c3ccccc3F)CC2)c(C)c1. The highest BCUT2D eigenvalue weighted by Crippen LogP contribution is 2.20. The van der Waals surface area contributed by atoms with Crippen LogP contribution in [0.15, 0.2) is 42.5 Å². The van der Waals surface area contributed by atoms with Gasteiger partial charge >= 0.3 is 0 Å². The summed E-state index contributed by atoms with van der Waals surface area (Å²) in [4.78, 5) is 16.4. The average molecular weight is 326 g/mol. The Morgan fingerprint density at radius 1 is 1.04 bits per heavy atom. The molecule has 0 unspecified atom stereocenters. The van der Waals surface area contributed by atoms with Crippen molar-refractivity contribution in [3.05, 3.63) is 65.0 Å². The highest BCUT2D eigenvalue weighted by Gasteiger charge is 2.22. The van der Waals surface area contributed by atoms with Crippen LogP contribution in [0.2, 0.25) is 0 Å². The zero-order valence-corrected chi connectivity index (χ0v) is 14.3. The summed E-state index contributed by atoms with van der Waals surface area (Å²) in [6.45, 7) is 6.71. The number of rotatable bonds is 3. The van der Waals surface area contributed by atoms with Gasteiger partial charge in [0.2, 0.25) is 5.91 Å². The van der Waals surface area contributed by atoms with Crippen LogP contribution in [0, 0.1) is 19.7 Å². The Morgan fingerprint density at radius 2 is 1.75 bits per heavy atom. The number of carbonyl (C=O) groups is 1. The second-order valence-electron chi connectivity index (χ2n) is 6.43. The lowest BCUT2D eigenvalue weighted by Crippen LogP contribution is -2.49. The standard InChI is InChI=1S/C20H23FN2O/c1-15-7-8-17(16(2)13-15)14-20(24)23-11-9-22(10-12-23)19-6-4-3-5-18(19)21/h3-8,13H,9-12,14H2,1-2H3. The van der Waals surface area contributed by atoms with Crippen LogP contribution in [-0.4, -0.2) is 37.0 Å². The van der Waals surface area contributed by atoms with Crippen LogP contribution in [0.4, 0.5) is 10.1 Å². The fourth-order valence-corrected chi connectivity index (χ4v) is 3.22. The van der Waals surface area contributed by atoms with Gasteiger partial charge in [0.1, 0.15) is 5.82 Å². The molecule has 0 aromatic heterocycles. The van der Waals surface area contributed by atoms with E-state index in [1.54, 1.807) is 12.1 Å². The smallest absolute Gasteiger partial charge is 0.227 e. The molecule has 4 heteroatoms. The van der Waals surface area contributed by atoms with Gasteiger partial charge in [0, 0.05) is 26.2 Å². The van der Waals surface area contributed by atoms with E-state index < -0.39 is 0 Å². The van der Waals surface area contributed by atoms with E-state index in [2.05, 4.69) is 13.0 Å². The molecule has 3 nitrogen and oxygen atoms in total. The number of piperazine rings is 1. The maximum Gasteiger partial charge on any atom is 0.227 e. The van der Waals surface area contributed by atoms with E-state index in [1.165, 1.54) is 11.6 Å². The summed E-state index contributed by atoms with van der Waals surface area (Å²) < 4.78 is 13.9. The number of hydrogen-bond donors (Lipinski definition) is 0. The summed E-state index contributed by atoms with van der Waals surface area (Å²) in [6.07, 6.45) is 0.436. The molecule has 24 heavy (non-hydrogen) atoms. The van der Waals surface area contributed by atoms with Crippen LogP contribution in [0.5, 0.6) is 0 Å². The number of anilines is 1. The van der Waals surface area contributed by atoms with Crippen LogP contribution >= 0.6 is 0 Å². The molecular formula is C20H23FN2O. The number of nitrogens with zero attached hydrogens (tertiary/aromatic N) is 2. The fraction of sp³-hybridized carbons (Fsp3) is 0.350. The number of halogens is 1. The zero-order valence-electron chi connectivity index (χ0n) is 14.3. The monoisotopic (exact) mass is 326 g/mol. The Bertz CT molecular complexity index is 736. The van der Waals surface area contributed by atoms with Gasteiger partial charge in [0.05, 0.1) is 12.1 Å². The van der Waals surface area contributed by atoms with Gasteiger partial charge < -0.3 is 9.80 Å². The van der Waals surface area contributed by atoms with E-state index in [4.69, 9.17) is 0 Å². The molecule has 1 aliphatic rings. The maximum atomic E-state index is 13.9. The van der Waals surface area contributed by atoms with Crippen molar-refractivity contribution >= 4 is 11.6 Å². The normalized spacial score (nSPS) is 14.8. The van der Waals surface area contributed by atoms with Crippen molar-refractivity contribution in [2.75, 3.05) is 31.1 Å². The van der Waals surface area contributed by atoms with Gasteiger partial charge in [-0.1, -0.05) is 35.9 Å². The van der Waals surface area contributed by atoms with Gasteiger partial charge in [0.15, 0.2) is 0 Å². The van der Waals surface area contributed by atoms with Gasteiger partial charge in [-0.2, -0.15) is 0 Å². The number of carbonyl (C=O) groups excluding carboxylic acids is 1. The van der Waals surface area contributed by atoms with Gasteiger partial charge in [-0.05, 0) is 37.1 Å². The summed E-state index contributed by atoms with van der Waals surface area (Å²) >= 11 is 0. The Morgan fingerprint density at radius 3 is 2.42 bits per heavy atom. The van der Waals surface area contributed by atoms with Crippen LogP contribution in [0.3, 0.4) is 0 Å². The average Bonchev–Trinajstić information content (AvgIpc) is 2.58. The lowest BCUT2D eigenvalue weighted by Gasteiger charge is -2.36. The first-order valence-electron chi connectivity index (χ1n) is 8.38.